The molecule has 0 bridgehead atoms. The fourth-order valence-corrected chi connectivity index (χ4v) is 1.73. The molecule has 0 aromatic heterocycles. The van der Waals surface area contributed by atoms with Gasteiger partial charge in [0.25, 0.3) is 5.69 Å². The number of nitrogens with zero attached hydrogens (tertiary/aromatic N) is 1. The summed E-state index contributed by atoms with van der Waals surface area (Å²) in [5, 5.41) is 15.1. The maximum atomic E-state index is 13.1. The molecule has 0 atom stereocenters. The quantitative estimate of drug-likeness (QED) is 0.600. The lowest BCUT2D eigenvalue weighted by atomic mass is 10.2. The van der Waals surface area contributed by atoms with E-state index >= 15 is 0 Å². The fraction of sp³-hybridized carbons (Fsp3) is 0.143. The van der Waals surface area contributed by atoms with Gasteiger partial charge in [0.15, 0.2) is 0 Å². The molecule has 82 valence electrons. The molecular formula is C7H7FN2O4S. The normalized spacial score (nSPS) is 11.4. The number of nitro benzene ring substituents is 1. The number of hydrogen-bond acceptors (Lipinski definition) is 4. The van der Waals surface area contributed by atoms with Gasteiger partial charge in [-0.1, -0.05) is 0 Å². The second kappa shape index (κ2) is 3.55. The van der Waals surface area contributed by atoms with Gasteiger partial charge < -0.3 is 0 Å². The van der Waals surface area contributed by atoms with Crippen molar-refractivity contribution < 1.29 is 17.7 Å². The third-order valence-electron chi connectivity index (χ3n) is 1.75. The average Bonchev–Trinajstić information content (AvgIpc) is 2.06. The van der Waals surface area contributed by atoms with Crippen molar-refractivity contribution in [3.05, 3.63) is 33.6 Å². The van der Waals surface area contributed by atoms with E-state index in [0.717, 1.165) is 6.07 Å². The molecule has 0 saturated carbocycles. The SMILES string of the molecule is Cc1cc(S(N)(=O)=O)c(F)cc1[N+](=O)[O-]. The van der Waals surface area contributed by atoms with Gasteiger partial charge >= 0.3 is 0 Å². The van der Waals surface area contributed by atoms with E-state index in [2.05, 4.69) is 0 Å². The van der Waals surface area contributed by atoms with Crippen molar-refractivity contribution in [2.75, 3.05) is 0 Å². The standard InChI is InChI=1S/C7H7FN2O4S/c1-4-2-7(15(9,13)14)5(8)3-6(4)10(11)12/h2-3H,1H3,(H2,9,13,14). The summed E-state index contributed by atoms with van der Waals surface area (Å²) < 4.78 is 34.8. The largest absolute Gasteiger partial charge is 0.275 e. The summed E-state index contributed by atoms with van der Waals surface area (Å²) >= 11 is 0. The van der Waals surface area contributed by atoms with Crippen LogP contribution in [-0.4, -0.2) is 13.3 Å². The number of primary sulfonamides is 1. The van der Waals surface area contributed by atoms with Crippen LogP contribution in [0.1, 0.15) is 5.56 Å². The van der Waals surface area contributed by atoms with Crippen molar-refractivity contribution in [3.63, 3.8) is 0 Å². The maximum absolute atomic E-state index is 13.1. The zero-order valence-corrected chi connectivity index (χ0v) is 8.41. The van der Waals surface area contributed by atoms with Gasteiger partial charge in [-0.15, -0.1) is 0 Å². The van der Waals surface area contributed by atoms with Crippen molar-refractivity contribution in [2.45, 2.75) is 11.8 Å². The smallest absolute Gasteiger partial charge is 0.258 e. The van der Waals surface area contributed by atoms with E-state index in [9.17, 15) is 22.9 Å². The second-order valence-electron chi connectivity index (χ2n) is 2.87. The summed E-state index contributed by atoms with van der Waals surface area (Å²) in [5.74, 6) is -1.23. The maximum Gasteiger partial charge on any atom is 0.275 e. The van der Waals surface area contributed by atoms with Gasteiger partial charge in [0.05, 0.1) is 11.0 Å². The van der Waals surface area contributed by atoms with Crippen molar-refractivity contribution >= 4 is 15.7 Å². The summed E-state index contributed by atoms with van der Waals surface area (Å²) in [7, 11) is -4.20. The van der Waals surface area contributed by atoms with Crippen molar-refractivity contribution in [3.8, 4) is 0 Å². The lowest BCUT2D eigenvalue weighted by Gasteiger charge is -2.02. The number of halogens is 1. The van der Waals surface area contributed by atoms with Crippen LogP contribution in [0.3, 0.4) is 0 Å². The molecule has 0 amide bonds. The molecule has 0 aliphatic carbocycles. The second-order valence-corrected chi connectivity index (χ2v) is 4.40. The van der Waals surface area contributed by atoms with Gasteiger partial charge in [-0.25, -0.2) is 17.9 Å². The van der Waals surface area contributed by atoms with E-state index in [0.29, 0.717) is 6.07 Å². The first kappa shape index (κ1) is 11.5. The van der Waals surface area contributed by atoms with Crippen molar-refractivity contribution in [1.29, 1.82) is 0 Å². The number of rotatable bonds is 2. The third kappa shape index (κ3) is 2.28. The fourth-order valence-electron chi connectivity index (χ4n) is 1.06. The van der Waals surface area contributed by atoms with Gasteiger partial charge in [0, 0.05) is 5.56 Å². The Morgan fingerprint density at radius 2 is 2.00 bits per heavy atom. The number of benzene rings is 1. The van der Waals surface area contributed by atoms with Crippen LogP contribution >= 0.6 is 0 Å². The number of hydrogen-bond donors (Lipinski definition) is 1. The molecule has 0 fully saturated rings. The van der Waals surface area contributed by atoms with E-state index < -0.39 is 31.3 Å². The highest BCUT2D eigenvalue weighted by Crippen LogP contribution is 2.23. The molecule has 8 heteroatoms. The van der Waals surface area contributed by atoms with Gasteiger partial charge in [-0.05, 0) is 13.0 Å². The van der Waals surface area contributed by atoms with E-state index in [1.54, 1.807) is 0 Å². The molecule has 1 aromatic rings. The van der Waals surface area contributed by atoms with Crippen molar-refractivity contribution in [1.82, 2.24) is 0 Å². The number of sulfonamides is 1. The molecule has 0 aliphatic heterocycles. The zero-order chi connectivity index (χ0) is 11.8. The Labute approximate surface area is 84.7 Å². The molecule has 6 nitrogen and oxygen atoms in total. The molecular weight excluding hydrogens is 227 g/mol. The number of nitrogens with two attached hydrogens (primary N) is 1. The monoisotopic (exact) mass is 234 g/mol. The highest BCUT2D eigenvalue weighted by Gasteiger charge is 2.21. The molecule has 0 heterocycles. The summed E-state index contributed by atoms with van der Waals surface area (Å²) in [6, 6.07) is 1.37. The van der Waals surface area contributed by atoms with E-state index in [1.807, 2.05) is 0 Å². The van der Waals surface area contributed by atoms with Gasteiger partial charge in [0.1, 0.15) is 10.7 Å². The van der Waals surface area contributed by atoms with Crippen LogP contribution in [0.25, 0.3) is 0 Å². The van der Waals surface area contributed by atoms with Crippen LogP contribution in [0, 0.1) is 22.9 Å². The van der Waals surface area contributed by atoms with Crippen LogP contribution in [-0.2, 0) is 10.0 Å². The predicted molar refractivity (Wildman–Crippen MR) is 49.2 cm³/mol. The Morgan fingerprint density at radius 3 is 2.40 bits per heavy atom. The first-order valence-corrected chi connectivity index (χ1v) is 5.25. The zero-order valence-electron chi connectivity index (χ0n) is 7.60. The van der Waals surface area contributed by atoms with E-state index in [-0.39, 0.29) is 5.56 Å². The number of nitro groups is 1. The minimum atomic E-state index is -4.20. The first-order chi connectivity index (χ1) is 6.73. The Kier molecular flexibility index (Phi) is 2.73. The first-order valence-electron chi connectivity index (χ1n) is 3.71. The molecule has 2 N–H and O–H groups in total. The van der Waals surface area contributed by atoms with Gasteiger partial charge in [0.2, 0.25) is 10.0 Å². The minimum Gasteiger partial charge on any atom is -0.258 e. The molecule has 0 aliphatic rings. The van der Waals surface area contributed by atoms with E-state index in [1.165, 1.54) is 6.92 Å². The van der Waals surface area contributed by atoms with Crippen LogP contribution in [0.15, 0.2) is 17.0 Å². The van der Waals surface area contributed by atoms with Crippen LogP contribution in [0.5, 0.6) is 0 Å². The van der Waals surface area contributed by atoms with Gasteiger partial charge in [-0.3, -0.25) is 10.1 Å². The summed E-state index contributed by atoms with van der Waals surface area (Å²) in [4.78, 5) is 8.85. The predicted octanol–water partition coefficient (Wildman–Crippen LogP) is 0.690. The third-order valence-corrected chi connectivity index (χ3v) is 2.68. The minimum absolute atomic E-state index is 0.0328. The van der Waals surface area contributed by atoms with Crippen LogP contribution in [0.4, 0.5) is 10.1 Å². The summed E-state index contributed by atoms with van der Waals surface area (Å²) in [6.07, 6.45) is 0. The number of aryl methyl sites for hydroxylation is 1. The highest BCUT2D eigenvalue weighted by atomic mass is 32.2. The average molecular weight is 234 g/mol. The summed E-state index contributed by atoms with van der Waals surface area (Å²) in [6.45, 7) is 1.30. The topological polar surface area (TPSA) is 103 Å². The molecule has 1 aromatic carbocycles. The molecule has 1 rings (SSSR count). The van der Waals surface area contributed by atoms with Crippen LogP contribution in [0.2, 0.25) is 0 Å². The van der Waals surface area contributed by atoms with Crippen molar-refractivity contribution in [2.24, 2.45) is 5.14 Å². The molecule has 0 spiro atoms. The molecule has 0 radical (unpaired) electrons. The Balaban J connectivity index is 3.52. The molecule has 0 unspecified atom stereocenters. The Hall–Kier alpha value is -1.54. The van der Waals surface area contributed by atoms with Crippen LogP contribution < -0.4 is 5.14 Å². The molecule has 15 heavy (non-hydrogen) atoms. The summed E-state index contributed by atoms with van der Waals surface area (Å²) in [5.41, 5.74) is -0.453. The van der Waals surface area contributed by atoms with E-state index in [4.69, 9.17) is 5.14 Å². The molecule has 0 saturated heterocycles. The highest BCUT2D eigenvalue weighted by molar-refractivity contribution is 7.89. The lowest BCUT2D eigenvalue weighted by Crippen LogP contribution is -2.14. The Morgan fingerprint density at radius 1 is 1.47 bits per heavy atom. The lowest BCUT2D eigenvalue weighted by molar-refractivity contribution is -0.385. The Bertz CT molecular complexity index is 526. The van der Waals surface area contributed by atoms with Gasteiger partial charge in [-0.2, -0.15) is 0 Å².